The van der Waals surface area contributed by atoms with Crippen molar-refractivity contribution in [1.82, 2.24) is 9.97 Å². The molecule has 1 N–H and O–H groups in total. The van der Waals surface area contributed by atoms with Crippen molar-refractivity contribution in [3.05, 3.63) is 84.1 Å². The van der Waals surface area contributed by atoms with E-state index < -0.39 is 0 Å². The van der Waals surface area contributed by atoms with Gasteiger partial charge in [-0.1, -0.05) is 91.5 Å². The van der Waals surface area contributed by atoms with Gasteiger partial charge < -0.3 is 9.52 Å². The van der Waals surface area contributed by atoms with Gasteiger partial charge in [0, 0.05) is 58.2 Å². The number of aromatic nitrogens is 2. The second-order valence-electron chi connectivity index (χ2n) is 14.6. The molecule has 0 aliphatic carbocycles. The number of hydrogen-bond donors (Lipinski definition) is 1. The van der Waals surface area contributed by atoms with Gasteiger partial charge in [0.1, 0.15) is 22.5 Å². The number of allylic oxidation sites excluding steroid dienone is 2. The summed E-state index contributed by atoms with van der Waals surface area (Å²) in [5, 5.41) is 15.9. The zero-order valence-corrected chi connectivity index (χ0v) is 33.7. The minimum absolute atomic E-state index is 0. The Balaban J connectivity index is 0.000000260. The summed E-state index contributed by atoms with van der Waals surface area (Å²) in [6, 6.07) is 18.7. The third-order valence-corrected chi connectivity index (χ3v) is 11.7. The van der Waals surface area contributed by atoms with Gasteiger partial charge in [0.25, 0.3) is 0 Å². The molecule has 6 rings (SSSR count). The van der Waals surface area contributed by atoms with Crippen LogP contribution in [0.2, 0.25) is 0 Å². The van der Waals surface area contributed by atoms with Crippen molar-refractivity contribution in [3.8, 4) is 11.3 Å². The second-order valence-corrected chi connectivity index (χ2v) is 15.6. The molecule has 0 saturated heterocycles. The maximum Gasteiger partial charge on any atom is 0.164 e. The molecule has 1 radical (unpaired) electrons. The molecule has 0 aliphatic heterocycles. The summed E-state index contributed by atoms with van der Waals surface area (Å²) in [5.74, 6) is 0.286. The van der Waals surface area contributed by atoms with Crippen LogP contribution < -0.4 is 0 Å². The number of aryl methyl sites for hydroxylation is 1. The molecule has 0 aliphatic rings. The van der Waals surface area contributed by atoms with Gasteiger partial charge in [-0.2, -0.15) is 0 Å². The Hall–Kier alpha value is -3.38. The van der Waals surface area contributed by atoms with Crippen molar-refractivity contribution in [3.63, 3.8) is 0 Å². The van der Waals surface area contributed by atoms with Crippen LogP contribution in [0.3, 0.4) is 0 Å². The van der Waals surface area contributed by atoms with Gasteiger partial charge in [0.2, 0.25) is 0 Å². The van der Waals surface area contributed by atoms with E-state index in [1.807, 2.05) is 47.8 Å². The number of aliphatic hydroxyl groups is 1. The Bertz CT molecular complexity index is 2140. The Morgan fingerprint density at radius 1 is 0.898 bits per heavy atom. The number of hydrogen-bond acceptors (Lipinski definition) is 6. The first kappa shape index (κ1) is 38.4. The molecule has 6 aromatic rings. The quantitative estimate of drug-likeness (QED) is 0.0938. The molecule has 0 unspecified atom stereocenters. The van der Waals surface area contributed by atoms with E-state index in [0.29, 0.717) is 0 Å². The number of ketones is 1. The maximum atomic E-state index is 12.2. The van der Waals surface area contributed by atoms with Gasteiger partial charge in [-0.15, -0.1) is 40.5 Å². The molecule has 0 bridgehead atoms. The van der Waals surface area contributed by atoms with Crippen LogP contribution in [-0.2, 0) is 30.3 Å². The van der Waals surface area contributed by atoms with E-state index in [4.69, 9.17) is 9.40 Å². The van der Waals surface area contributed by atoms with Gasteiger partial charge >= 0.3 is 0 Å². The molecule has 0 amide bonds. The van der Waals surface area contributed by atoms with Crippen LogP contribution in [0.4, 0.5) is 0 Å². The number of rotatable bonds is 8. The van der Waals surface area contributed by atoms with Crippen LogP contribution in [0.1, 0.15) is 99.1 Å². The average Bonchev–Trinajstić information content (AvgIpc) is 3.64. The smallest absolute Gasteiger partial charge is 0.164 e. The largest absolute Gasteiger partial charge is 0.512 e. The minimum Gasteiger partial charge on any atom is -0.512 e. The summed E-state index contributed by atoms with van der Waals surface area (Å²) >= 11 is 1.68. The van der Waals surface area contributed by atoms with E-state index in [1.165, 1.54) is 22.4 Å². The topological polar surface area (TPSA) is 76.2 Å². The van der Waals surface area contributed by atoms with Crippen LogP contribution in [0.5, 0.6) is 0 Å². The number of thiophene rings is 1. The number of benzene rings is 3. The number of carbonyl (C=O) groups is 1. The Kier molecular flexibility index (Phi) is 11.6. The van der Waals surface area contributed by atoms with E-state index in [0.717, 1.165) is 73.8 Å². The monoisotopic (exact) mass is 854 g/mol. The SMILES string of the molecule is CCC(C)(CC)C(=O)/C=C(\O)C(C)(CC)CC.Cc1coc2cc3sc4ncnc(-c5[c-]c6ccccc6c(C(C)(C)C)c5)c4c3cc12.[Ir]. The predicted molar refractivity (Wildman–Crippen MR) is 203 cm³/mol. The third kappa shape index (κ3) is 7.40. The van der Waals surface area contributed by atoms with E-state index >= 15 is 0 Å². The fourth-order valence-electron chi connectivity index (χ4n) is 6.12. The first-order valence-corrected chi connectivity index (χ1v) is 18.0. The normalized spacial score (nSPS) is 12.7. The fourth-order valence-corrected chi connectivity index (χ4v) is 7.18. The number of nitrogens with zero attached hydrogens (tertiary/aromatic N) is 2. The maximum absolute atomic E-state index is 12.2. The van der Waals surface area contributed by atoms with Gasteiger partial charge in [0.15, 0.2) is 5.78 Å². The molecule has 3 aromatic carbocycles. The van der Waals surface area contributed by atoms with E-state index in [-0.39, 0.29) is 47.9 Å². The number of furan rings is 1. The zero-order valence-electron chi connectivity index (χ0n) is 30.5. The summed E-state index contributed by atoms with van der Waals surface area (Å²) < 4.78 is 6.90. The summed E-state index contributed by atoms with van der Waals surface area (Å²) in [5.41, 5.74) is 4.71. The first-order chi connectivity index (χ1) is 22.7. The second kappa shape index (κ2) is 14.8. The van der Waals surface area contributed by atoms with E-state index in [9.17, 15) is 9.90 Å². The molecule has 0 spiro atoms. The molecule has 0 fully saturated rings. The van der Waals surface area contributed by atoms with Gasteiger partial charge in [-0.05, 0) is 61.1 Å². The van der Waals surface area contributed by atoms with Gasteiger partial charge in [-0.3, -0.25) is 9.78 Å². The molecular weight excluding hydrogens is 805 g/mol. The van der Waals surface area contributed by atoms with Crippen LogP contribution in [0.25, 0.3) is 53.3 Å². The molecule has 3 aromatic heterocycles. The summed E-state index contributed by atoms with van der Waals surface area (Å²) in [7, 11) is 0. The third-order valence-electron chi connectivity index (χ3n) is 10.6. The number of aliphatic hydroxyl groups excluding tert-OH is 1. The van der Waals surface area contributed by atoms with Crippen molar-refractivity contribution in [2.24, 2.45) is 10.8 Å². The number of carbonyl (C=O) groups excluding carboxylic acids is 1. The summed E-state index contributed by atoms with van der Waals surface area (Å²) in [6.07, 6.45) is 8.24. The number of fused-ring (bicyclic) bond motifs is 5. The van der Waals surface area contributed by atoms with Crippen molar-refractivity contribution < 1.29 is 34.4 Å². The van der Waals surface area contributed by atoms with Gasteiger partial charge in [-0.25, -0.2) is 4.98 Å². The van der Waals surface area contributed by atoms with Crippen molar-refractivity contribution in [1.29, 1.82) is 0 Å². The van der Waals surface area contributed by atoms with E-state index in [1.54, 1.807) is 17.7 Å². The standard InChI is InChI=1S/C27H21N2OS.C15H28O2.Ir/c1-15-13-30-22-12-23-20(11-19(15)22)24-25(28-14-29-26(24)31-23)17-9-16-7-5-6-8-18(16)21(10-17)27(2,3)4;1-7-14(5,8-2)12(16)11-13(17)15(6,9-3)10-4;/h5-8,10-14H,1-4H3;11,16H,7-10H2,1-6H3;/q-1;;/b;12-11-;. The molecule has 0 saturated carbocycles. The molecule has 3 heterocycles. The van der Waals surface area contributed by atoms with E-state index in [2.05, 4.69) is 81.2 Å². The Morgan fingerprint density at radius 2 is 1.55 bits per heavy atom. The Morgan fingerprint density at radius 3 is 2.18 bits per heavy atom. The van der Waals surface area contributed by atoms with Crippen molar-refractivity contribution in [2.75, 3.05) is 0 Å². The van der Waals surface area contributed by atoms with Crippen molar-refractivity contribution in [2.45, 2.75) is 100 Å². The van der Waals surface area contributed by atoms with Crippen LogP contribution in [0.15, 0.2) is 71.3 Å². The molecule has 5 nitrogen and oxygen atoms in total. The molecule has 261 valence electrons. The van der Waals surface area contributed by atoms with Crippen LogP contribution >= 0.6 is 11.3 Å². The van der Waals surface area contributed by atoms with Crippen LogP contribution in [-0.4, -0.2) is 20.9 Å². The fraction of sp³-hybridized carbons (Fsp3) is 0.405. The predicted octanol–water partition coefficient (Wildman–Crippen LogP) is 12.5. The summed E-state index contributed by atoms with van der Waals surface area (Å²) in [4.78, 5) is 22.5. The zero-order chi connectivity index (χ0) is 35.0. The van der Waals surface area contributed by atoms with Gasteiger partial charge in [0.05, 0.1) is 6.26 Å². The van der Waals surface area contributed by atoms with Crippen molar-refractivity contribution >= 4 is 59.2 Å². The molecule has 7 heteroatoms. The summed E-state index contributed by atoms with van der Waals surface area (Å²) in [6.45, 7) is 20.9. The minimum atomic E-state index is -0.337. The average molecular weight is 854 g/mol. The Labute approximate surface area is 308 Å². The van der Waals surface area contributed by atoms with Crippen LogP contribution in [0, 0.1) is 23.8 Å². The molecule has 0 atom stereocenters. The molecule has 49 heavy (non-hydrogen) atoms. The molecular formula is C42H49IrN2O3S-. The first-order valence-electron chi connectivity index (χ1n) is 17.2.